The van der Waals surface area contributed by atoms with Crippen LogP contribution in [0, 0.1) is 6.92 Å². The van der Waals surface area contributed by atoms with Crippen LogP contribution < -0.4 is 10.2 Å². The molecule has 4 rings (SSSR count). The van der Waals surface area contributed by atoms with Crippen LogP contribution in [0.15, 0.2) is 69.9 Å². The average molecular weight is 446 g/mol. The normalized spacial score (nSPS) is 11.0. The summed E-state index contributed by atoms with van der Waals surface area (Å²) in [5, 5.41) is 1.82. The molecule has 0 saturated heterocycles. The van der Waals surface area contributed by atoms with E-state index in [1.165, 1.54) is 0 Å². The van der Waals surface area contributed by atoms with Gasteiger partial charge in [-0.05, 0) is 42.8 Å². The summed E-state index contributed by atoms with van der Waals surface area (Å²) < 4.78 is 12.0. The topological polar surface area (TPSA) is 39.4 Å². The molecule has 0 atom stereocenters. The number of hydrogen-bond acceptors (Lipinski definition) is 3. The number of ether oxygens (including phenoxy) is 1. The van der Waals surface area contributed by atoms with Gasteiger partial charge in [0.25, 0.3) is 0 Å². The summed E-state index contributed by atoms with van der Waals surface area (Å²) in [4.78, 5) is 13.3. The van der Waals surface area contributed by atoms with E-state index in [4.69, 9.17) is 44.0 Å². The van der Waals surface area contributed by atoms with Crippen LogP contribution >= 0.6 is 34.8 Å². The van der Waals surface area contributed by atoms with Crippen molar-refractivity contribution in [3.05, 3.63) is 97.1 Å². The Labute approximate surface area is 182 Å². The molecule has 0 radical (unpaired) electrons. The average Bonchev–Trinajstić information content (AvgIpc) is 2.70. The summed E-state index contributed by atoms with van der Waals surface area (Å²) in [6, 6.07) is 17.7. The molecule has 3 nitrogen and oxygen atoms in total. The second-order valence-electron chi connectivity index (χ2n) is 6.55. The molecular weight excluding hydrogens is 431 g/mol. The molecule has 29 heavy (non-hydrogen) atoms. The summed E-state index contributed by atoms with van der Waals surface area (Å²) in [7, 11) is 0. The zero-order chi connectivity index (χ0) is 20.5. The summed E-state index contributed by atoms with van der Waals surface area (Å²) >= 11 is 18.8. The molecule has 0 bridgehead atoms. The van der Waals surface area contributed by atoms with Crippen molar-refractivity contribution < 1.29 is 9.15 Å². The molecule has 0 N–H and O–H groups in total. The SMILES string of the molecule is Cc1cc2oc(-c3ccccc3Cl)c(OCc3ccccc3Cl)c(=O)c2cc1Cl. The third-order valence-electron chi connectivity index (χ3n) is 4.58. The van der Waals surface area contributed by atoms with Crippen molar-refractivity contribution in [3.63, 3.8) is 0 Å². The number of rotatable bonds is 4. The molecule has 6 heteroatoms. The molecule has 1 heterocycles. The van der Waals surface area contributed by atoms with Crippen molar-refractivity contribution >= 4 is 45.8 Å². The first-order chi connectivity index (χ1) is 14.0. The lowest BCUT2D eigenvalue weighted by molar-refractivity contribution is 0.298. The van der Waals surface area contributed by atoms with Gasteiger partial charge in [0.2, 0.25) is 11.2 Å². The smallest absolute Gasteiger partial charge is 0.235 e. The van der Waals surface area contributed by atoms with E-state index in [1.807, 2.05) is 31.2 Å². The summed E-state index contributed by atoms with van der Waals surface area (Å²) in [5.41, 5.74) is 2.21. The number of aryl methyl sites for hydroxylation is 1. The fourth-order valence-corrected chi connectivity index (χ4v) is 3.59. The summed E-state index contributed by atoms with van der Waals surface area (Å²) in [5.74, 6) is 0.326. The standard InChI is InChI=1S/C23H15Cl3O3/c1-13-10-20-16(11-19(13)26)21(27)23(28-12-14-6-2-4-8-17(14)24)22(29-20)15-7-3-5-9-18(15)25/h2-11H,12H2,1H3. The highest BCUT2D eigenvalue weighted by Crippen LogP contribution is 2.36. The van der Waals surface area contributed by atoms with E-state index in [9.17, 15) is 4.79 Å². The molecule has 0 amide bonds. The van der Waals surface area contributed by atoms with Gasteiger partial charge in [-0.1, -0.05) is 65.1 Å². The van der Waals surface area contributed by atoms with Crippen LogP contribution in [0.5, 0.6) is 5.75 Å². The van der Waals surface area contributed by atoms with Crippen LogP contribution in [-0.4, -0.2) is 0 Å². The summed E-state index contributed by atoms with van der Waals surface area (Å²) in [6.07, 6.45) is 0. The number of hydrogen-bond donors (Lipinski definition) is 0. The van der Waals surface area contributed by atoms with Gasteiger partial charge in [-0.25, -0.2) is 0 Å². The zero-order valence-electron chi connectivity index (χ0n) is 15.3. The highest BCUT2D eigenvalue weighted by atomic mass is 35.5. The summed E-state index contributed by atoms with van der Waals surface area (Å²) in [6.45, 7) is 1.95. The lowest BCUT2D eigenvalue weighted by atomic mass is 10.1. The Bertz CT molecular complexity index is 1280. The number of halogens is 3. The van der Waals surface area contributed by atoms with Gasteiger partial charge in [0.05, 0.1) is 10.4 Å². The number of fused-ring (bicyclic) bond motifs is 1. The lowest BCUT2D eigenvalue weighted by Crippen LogP contribution is -2.11. The van der Waals surface area contributed by atoms with Gasteiger partial charge in [0, 0.05) is 21.2 Å². The van der Waals surface area contributed by atoms with E-state index in [2.05, 4.69) is 0 Å². The molecule has 1 aromatic heterocycles. The largest absolute Gasteiger partial charge is 0.481 e. The van der Waals surface area contributed by atoms with Gasteiger partial charge in [-0.2, -0.15) is 0 Å². The second kappa shape index (κ2) is 8.11. The van der Waals surface area contributed by atoms with Crippen LogP contribution in [-0.2, 0) is 6.61 Å². The minimum Gasteiger partial charge on any atom is -0.481 e. The van der Waals surface area contributed by atoms with Gasteiger partial charge < -0.3 is 9.15 Å². The maximum absolute atomic E-state index is 13.3. The Balaban J connectivity index is 1.92. The van der Waals surface area contributed by atoms with Crippen LogP contribution in [0.2, 0.25) is 15.1 Å². The van der Waals surface area contributed by atoms with Gasteiger partial charge in [-0.3, -0.25) is 4.79 Å². The first-order valence-corrected chi connectivity index (χ1v) is 9.97. The molecule has 0 spiro atoms. The van der Waals surface area contributed by atoms with E-state index in [-0.39, 0.29) is 23.5 Å². The lowest BCUT2D eigenvalue weighted by Gasteiger charge is -2.14. The maximum atomic E-state index is 13.3. The van der Waals surface area contributed by atoms with Gasteiger partial charge in [-0.15, -0.1) is 0 Å². The molecule has 0 aliphatic carbocycles. The monoisotopic (exact) mass is 444 g/mol. The van der Waals surface area contributed by atoms with Gasteiger partial charge >= 0.3 is 0 Å². The molecule has 3 aromatic carbocycles. The van der Waals surface area contributed by atoms with Crippen molar-refractivity contribution in [2.45, 2.75) is 13.5 Å². The Kier molecular flexibility index (Phi) is 5.55. The molecule has 0 unspecified atom stereocenters. The second-order valence-corrected chi connectivity index (χ2v) is 7.77. The minimum atomic E-state index is -0.324. The molecule has 0 saturated carbocycles. The fraction of sp³-hybridized carbons (Fsp3) is 0.0870. The zero-order valence-corrected chi connectivity index (χ0v) is 17.6. The Morgan fingerprint density at radius 1 is 0.897 bits per heavy atom. The van der Waals surface area contributed by atoms with Crippen LogP contribution in [0.4, 0.5) is 0 Å². The van der Waals surface area contributed by atoms with E-state index in [1.54, 1.807) is 36.4 Å². The van der Waals surface area contributed by atoms with E-state index in [0.29, 0.717) is 31.6 Å². The minimum absolute atomic E-state index is 0.0606. The molecule has 0 aliphatic heterocycles. The molecule has 146 valence electrons. The van der Waals surface area contributed by atoms with Crippen molar-refractivity contribution in [3.8, 4) is 17.1 Å². The quantitative estimate of drug-likeness (QED) is 0.330. The van der Waals surface area contributed by atoms with Crippen molar-refractivity contribution in [1.82, 2.24) is 0 Å². The Morgan fingerprint density at radius 2 is 1.59 bits per heavy atom. The third kappa shape index (κ3) is 3.86. The van der Waals surface area contributed by atoms with E-state index < -0.39 is 0 Å². The van der Waals surface area contributed by atoms with Crippen LogP contribution in [0.3, 0.4) is 0 Å². The highest BCUT2D eigenvalue weighted by molar-refractivity contribution is 6.33. The fourth-order valence-electron chi connectivity index (χ4n) is 3.02. The Morgan fingerprint density at radius 3 is 2.31 bits per heavy atom. The molecule has 0 aliphatic rings. The van der Waals surface area contributed by atoms with E-state index in [0.717, 1.165) is 11.1 Å². The van der Waals surface area contributed by atoms with E-state index >= 15 is 0 Å². The predicted molar refractivity (Wildman–Crippen MR) is 118 cm³/mol. The van der Waals surface area contributed by atoms with Crippen molar-refractivity contribution in [2.75, 3.05) is 0 Å². The molecular formula is C23H15Cl3O3. The highest BCUT2D eigenvalue weighted by Gasteiger charge is 2.20. The number of benzene rings is 3. The Hall–Kier alpha value is -2.46. The third-order valence-corrected chi connectivity index (χ3v) is 5.68. The van der Waals surface area contributed by atoms with Crippen LogP contribution in [0.1, 0.15) is 11.1 Å². The van der Waals surface area contributed by atoms with Crippen molar-refractivity contribution in [2.24, 2.45) is 0 Å². The van der Waals surface area contributed by atoms with Crippen molar-refractivity contribution in [1.29, 1.82) is 0 Å². The predicted octanol–water partition coefficient (Wildman–Crippen LogP) is 7.31. The van der Waals surface area contributed by atoms with Crippen LogP contribution in [0.25, 0.3) is 22.3 Å². The first kappa shape index (κ1) is 19.8. The maximum Gasteiger partial charge on any atom is 0.235 e. The van der Waals surface area contributed by atoms with Gasteiger partial charge in [0.1, 0.15) is 12.2 Å². The first-order valence-electron chi connectivity index (χ1n) is 8.84. The molecule has 4 aromatic rings. The molecule has 0 fully saturated rings. The van der Waals surface area contributed by atoms with Gasteiger partial charge in [0.15, 0.2) is 5.76 Å².